The van der Waals surface area contributed by atoms with E-state index < -0.39 is 38.0 Å². The van der Waals surface area contributed by atoms with Gasteiger partial charge >= 0.3 is 12.1 Å². The molecule has 188 valence electrons. The molecule has 0 unspecified atom stereocenters. The number of imidazole rings is 1. The van der Waals surface area contributed by atoms with Gasteiger partial charge in [-0.05, 0) is 53.8 Å². The van der Waals surface area contributed by atoms with Crippen molar-refractivity contribution in [3.05, 3.63) is 36.3 Å². The highest BCUT2D eigenvalue weighted by Crippen LogP contribution is 2.72. The van der Waals surface area contributed by atoms with E-state index in [0.717, 1.165) is 0 Å². The van der Waals surface area contributed by atoms with Crippen molar-refractivity contribution >= 4 is 27.7 Å². The minimum atomic E-state index is -5.41. The van der Waals surface area contributed by atoms with Crippen LogP contribution in [0.3, 0.4) is 0 Å². The number of nitrogens with two attached hydrogens (primary N) is 1. The predicted molar refractivity (Wildman–Crippen MR) is 116 cm³/mol. The van der Waals surface area contributed by atoms with Gasteiger partial charge in [0, 0.05) is 18.2 Å². The molecule has 0 radical (unpaired) electrons. The van der Waals surface area contributed by atoms with Gasteiger partial charge in [-0.15, -0.1) is 0 Å². The van der Waals surface area contributed by atoms with E-state index in [1.807, 2.05) is 6.07 Å². The second kappa shape index (κ2) is 7.61. The van der Waals surface area contributed by atoms with E-state index in [9.17, 15) is 26.4 Å². The summed E-state index contributed by atoms with van der Waals surface area (Å²) in [4.78, 5) is 28.0. The molecule has 0 amide bonds. The Morgan fingerprint density at radius 2 is 2.00 bits per heavy atom. The molecular weight excluding hydrogens is 503 g/mol. The lowest BCUT2D eigenvalue weighted by Crippen LogP contribution is -2.75. The summed E-state index contributed by atoms with van der Waals surface area (Å²) in [5.74, 6) is -2.34. The third-order valence-electron chi connectivity index (χ3n) is 6.65. The number of nitrogens with zero attached hydrogens (tertiary/aromatic N) is 6. The summed E-state index contributed by atoms with van der Waals surface area (Å²) in [6, 6.07) is 5.91. The van der Waals surface area contributed by atoms with Gasteiger partial charge in [0.25, 0.3) is 10.0 Å². The third-order valence-corrected chi connectivity index (χ3v) is 8.40. The van der Waals surface area contributed by atoms with Crippen LogP contribution in [-0.4, -0.2) is 49.9 Å². The molecule has 3 aromatic rings. The molecule has 1 aromatic carbocycles. The van der Waals surface area contributed by atoms with E-state index in [1.165, 1.54) is 35.1 Å². The van der Waals surface area contributed by atoms with Crippen LogP contribution in [0.2, 0.25) is 0 Å². The molecule has 11 nitrogen and oxygen atoms in total. The molecule has 15 heteroatoms. The lowest BCUT2D eigenvalue weighted by atomic mass is 9.39. The lowest BCUT2D eigenvalue weighted by molar-refractivity contribution is -0.295. The Morgan fingerprint density at radius 1 is 1.31 bits per heavy atom. The van der Waals surface area contributed by atoms with Crippen LogP contribution >= 0.6 is 0 Å². The molecule has 6 rings (SSSR count). The van der Waals surface area contributed by atoms with Crippen molar-refractivity contribution in [1.82, 2.24) is 23.8 Å². The molecule has 3 aliphatic rings. The highest BCUT2D eigenvalue weighted by molar-refractivity contribution is 7.89. The number of rotatable bonds is 6. The summed E-state index contributed by atoms with van der Waals surface area (Å²) >= 11 is 0. The highest BCUT2D eigenvalue weighted by atomic mass is 32.2. The summed E-state index contributed by atoms with van der Waals surface area (Å²) in [7, 11) is -4.74. The number of anilines is 1. The largest absolute Gasteiger partial charge is 0.492 e. The number of aromatic nitrogens is 4. The summed E-state index contributed by atoms with van der Waals surface area (Å²) in [5, 5.41) is 9.00. The first-order valence-corrected chi connectivity index (χ1v) is 12.0. The number of carbonyl (C=O) groups excluding carboxylic acids is 1. The van der Waals surface area contributed by atoms with Gasteiger partial charge in [0.1, 0.15) is 6.33 Å². The maximum atomic E-state index is 13.6. The molecular formula is C21H18F3N7O4S. The standard InChI is InChI=1S/C21H18F3N7O4S/c1-12-2-3-13(6-14(12)15-7-30-17(26)27-11-28-18(30)29-15)36(33,34)31(35-16(32)21(22,23)24)20-8-19(9-20,10-20)4-5-25/h2-3,6-7,11H,4,8-10H2,1H3,(H2,26,27,28,29). The maximum absolute atomic E-state index is 13.6. The Hall–Kier alpha value is -3.77. The average Bonchev–Trinajstić information content (AvgIpc) is 3.18. The van der Waals surface area contributed by atoms with E-state index in [0.29, 0.717) is 16.8 Å². The molecule has 2 N–H and O–H groups in total. The second-order valence-electron chi connectivity index (χ2n) is 9.20. The topological polar surface area (TPSA) is 157 Å². The van der Waals surface area contributed by atoms with Crippen LogP contribution in [0, 0.1) is 23.7 Å². The molecule has 3 saturated carbocycles. The second-order valence-corrected chi connectivity index (χ2v) is 11.0. The van der Waals surface area contributed by atoms with Crippen molar-refractivity contribution in [2.75, 3.05) is 5.73 Å². The Bertz CT molecular complexity index is 1540. The van der Waals surface area contributed by atoms with Crippen LogP contribution in [0.4, 0.5) is 19.1 Å². The number of sulfonamides is 1. The van der Waals surface area contributed by atoms with Crippen molar-refractivity contribution in [3.8, 4) is 17.3 Å². The van der Waals surface area contributed by atoms with E-state index in [2.05, 4.69) is 19.8 Å². The zero-order chi connectivity index (χ0) is 26.1. The van der Waals surface area contributed by atoms with Gasteiger partial charge in [-0.25, -0.2) is 28.2 Å². The van der Waals surface area contributed by atoms with E-state index >= 15 is 0 Å². The number of nitriles is 1. The maximum Gasteiger partial charge on any atom is 0.492 e. The number of hydrogen-bond donors (Lipinski definition) is 1. The third kappa shape index (κ3) is 3.56. The lowest BCUT2D eigenvalue weighted by Gasteiger charge is -2.71. The number of aryl methyl sites for hydroxylation is 1. The number of carbonyl (C=O) groups is 1. The average molecular weight is 521 g/mol. The summed E-state index contributed by atoms with van der Waals surface area (Å²) < 4.78 is 67.8. The number of hydrogen-bond acceptors (Lipinski definition) is 9. The van der Waals surface area contributed by atoms with Crippen LogP contribution in [0.15, 0.2) is 35.6 Å². The Morgan fingerprint density at radius 3 is 2.61 bits per heavy atom. The summed E-state index contributed by atoms with van der Waals surface area (Å²) in [5.41, 5.74) is 5.26. The zero-order valence-corrected chi connectivity index (χ0v) is 19.5. The molecule has 3 aliphatic carbocycles. The molecule has 3 fully saturated rings. The first kappa shape index (κ1) is 23.9. The number of benzene rings is 1. The van der Waals surface area contributed by atoms with Gasteiger partial charge in [0.15, 0.2) is 0 Å². The van der Waals surface area contributed by atoms with Gasteiger partial charge in [-0.1, -0.05) is 6.07 Å². The van der Waals surface area contributed by atoms with E-state index in [1.54, 1.807) is 6.92 Å². The van der Waals surface area contributed by atoms with Crippen molar-refractivity contribution in [1.29, 1.82) is 5.26 Å². The molecule has 36 heavy (non-hydrogen) atoms. The minimum Gasteiger partial charge on any atom is -0.369 e. The van der Waals surface area contributed by atoms with Gasteiger partial charge in [-0.2, -0.15) is 18.4 Å². The molecule has 2 aromatic heterocycles. The first-order chi connectivity index (χ1) is 16.8. The quantitative estimate of drug-likeness (QED) is 0.481. The number of nitrogen functional groups attached to an aromatic ring is 1. The van der Waals surface area contributed by atoms with E-state index in [4.69, 9.17) is 11.0 Å². The Kier molecular flexibility index (Phi) is 5.06. The smallest absolute Gasteiger partial charge is 0.369 e. The van der Waals surface area contributed by atoms with Gasteiger partial charge in [0.05, 0.1) is 22.2 Å². The normalized spacial score (nSPS) is 23.1. The highest BCUT2D eigenvalue weighted by Gasteiger charge is 2.74. The van der Waals surface area contributed by atoms with Crippen LogP contribution in [0.1, 0.15) is 31.2 Å². The summed E-state index contributed by atoms with van der Waals surface area (Å²) in [6.07, 6.45) is -2.23. The number of halogens is 3. The number of alkyl halides is 3. The van der Waals surface area contributed by atoms with Crippen LogP contribution in [-0.2, 0) is 19.7 Å². The number of hydroxylamine groups is 1. The predicted octanol–water partition coefficient (Wildman–Crippen LogP) is 2.53. The van der Waals surface area contributed by atoms with Crippen molar-refractivity contribution in [2.24, 2.45) is 5.41 Å². The summed E-state index contributed by atoms with van der Waals surface area (Å²) in [6.45, 7) is 1.69. The van der Waals surface area contributed by atoms with Gasteiger partial charge in [-0.3, -0.25) is 4.40 Å². The van der Waals surface area contributed by atoms with Crippen molar-refractivity contribution < 1.29 is 31.2 Å². The monoisotopic (exact) mass is 521 g/mol. The first-order valence-electron chi connectivity index (χ1n) is 10.6. The molecule has 0 saturated heterocycles. The van der Waals surface area contributed by atoms with Crippen LogP contribution in [0.25, 0.3) is 17.0 Å². The zero-order valence-electron chi connectivity index (χ0n) is 18.7. The SMILES string of the molecule is Cc1ccc(S(=O)(=O)N(OC(=O)C(F)(F)F)C23CC(CC#N)(C2)C3)cc1-c1cn2c(N)ncnc2n1. The molecule has 0 atom stereocenters. The van der Waals surface area contributed by atoms with Gasteiger partial charge in [0.2, 0.25) is 11.7 Å². The Labute approximate surface area is 202 Å². The molecule has 2 heterocycles. The fraction of sp³-hybridized carbons (Fsp3) is 0.381. The fourth-order valence-electron chi connectivity index (χ4n) is 5.11. The molecule has 2 bridgehead atoms. The van der Waals surface area contributed by atoms with Crippen molar-refractivity contribution in [3.63, 3.8) is 0 Å². The number of fused-ring (bicyclic) bond motifs is 1. The van der Waals surface area contributed by atoms with Gasteiger partial charge < -0.3 is 10.6 Å². The molecule has 0 spiro atoms. The molecule has 0 aliphatic heterocycles. The van der Waals surface area contributed by atoms with E-state index in [-0.39, 0.29) is 41.9 Å². The van der Waals surface area contributed by atoms with Crippen LogP contribution < -0.4 is 5.73 Å². The van der Waals surface area contributed by atoms with Crippen LogP contribution in [0.5, 0.6) is 0 Å². The Balaban J connectivity index is 1.55. The minimum absolute atomic E-state index is 0.0975. The van der Waals surface area contributed by atoms with Crippen molar-refractivity contribution in [2.45, 2.75) is 49.2 Å². The fourth-order valence-corrected chi connectivity index (χ4v) is 6.68.